The molecule has 1 aromatic heterocycles. The Balaban J connectivity index is 1.50. The molecule has 0 unspecified atom stereocenters. The molecule has 166 valence electrons. The Morgan fingerprint density at radius 1 is 1.03 bits per heavy atom. The number of aryl methyl sites for hydroxylation is 1. The van der Waals surface area contributed by atoms with Crippen LogP contribution in [0.5, 0.6) is 5.75 Å². The van der Waals surface area contributed by atoms with E-state index in [0.29, 0.717) is 28.9 Å². The van der Waals surface area contributed by atoms with Crippen LogP contribution in [0.4, 0.5) is 0 Å². The number of unbranched alkanes of at least 4 members (excludes halogenated alkanes) is 1. The van der Waals surface area contributed by atoms with Gasteiger partial charge in [-0.25, -0.2) is 8.42 Å². The van der Waals surface area contributed by atoms with Gasteiger partial charge in [-0.2, -0.15) is 0 Å². The second kappa shape index (κ2) is 11.0. The molecular formula is C22H26ClN3O3S2. The Bertz CT molecular complexity index is 1080. The van der Waals surface area contributed by atoms with Gasteiger partial charge in [-0.15, -0.1) is 10.2 Å². The second-order valence-corrected chi connectivity index (χ2v) is 10.6. The number of sulfone groups is 1. The first-order chi connectivity index (χ1) is 14.9. The number of benzene rings is 2. The van der Waals surface area contributed by atoms with Crippen LogP contribution in [0.3, 0.4) is 0 Å². The van der Waals surface area contributed by atoms with Crippen LogP contribution in [0.1, 0.15) is 31.2 Å². The normalized spacial score (nSPS) is 11.6. The van der Waals surface area contributed by atoms with Crippen LogP contribution in [0, 0.1) is 6.92 Å². The third-order valence-electron chi connectivity index (χ3n) is 4.66. The Labute approximate surface area is 192 Å². The molecule has 31 heavy (non-hydrogen) atoms. The van der Waals surface area contributed by atoms with Gasteiger partial charge < -0.3 is 9.30 Å². The number of hydrogen-bond donors (Lipinski definition) is 0. The topological polar surface area (TPSA) is 74.1 Å². The van der Waals surface area contributed by atoms with Crippen molar-refractivity contribution in [1.29, 1.82) is 0 Å². The standard InChI is InChI=1S/C22H26ClN3O3S2/c1-3-26-21(16-31(27,28)20-12-6-17(2)7-13-20)24-25-22(26)30-15-5-4-14-29-19-10-8-18(23)9-11-19/h6-13H,3-5,14-16H2,1-2H3. The summed E-state index contributed by atoms with van der Waals surface area (Å²) in [5.41, 5.74) is 1.02. The molecule has 3 aromatic rings. The lowest BCUT2D eigenvalue weighted by Crippen LogP contribution is -2.11. The van der Waals surface area contributed by atoms with E-state index in [1.54, 1.807) is 48.2 Å². The molecular weight excluding hydrogens is 454 g/mol. The van der Waals surface area contributed by atoms with Crippen molar-refractivity contribution in [3.05, 3.63) is 64.9 Å². The molecule has 0 aliphatic carbocycles. The summed E-state index contributed by atoms with van der Waals surface area (Å²) in [4.78, 5) is 0.304. The van der Waals surface area contributed by atoms with Crippen molar-refractivity contribution in [2.24, 2.45) is 0 Å². The minimum atomic E-state index is -3.47. The molecule has 6 nitrogen and oxygen atoms in total. The van der Waals surface area contributed by atoms with Crippen molar-refractivity contribution < 1.29 is 13.2 Å². The Kier molecular flexibility index (Phi) is 8.40. The zero-order chi connectivity index (χ0) is 22.3. The number of halogens is 1. The molecule has 0 aliphatic rings. The molecule has 0 spiro atoms. The van der Waals surface area contributed by atoms with Gasteiger partial charge in [-0.3, -0.25) is 0 Å². The van der Waals surface area contributed by atoms with Crippen molar-refractivity contribution in [3.63, 3.8) is 0 Å². The average molecular weight is 480 g/mol. The van der Waals surface area contributed by atoms with Gasteiger partial charge in [-0.05, 0) is 63.1 Å². The molecule has 0 radical (unpaired) electrons. The van der Waals surface area contributed by atoms with Crippen LogP contribution in [0.2, 0.25) is 5.02 Å². The van der Waals surface area contributed by atoms with Crippen LogP contribution in [-0.2, 0) is 22.1 Å². The third kappa shape index (κ3) is 6.72. The zero-order valence-corrected chi connectivity index (χ0v) is 20.0. The van der Waals surface area contributed by atoms with Gasteiger partial charge in [0.15, 0.2) is 15.0 Å². The van der Waals surface area contributed by atoms with Crippen molar-refractivity contribution in [2.45, 2.75) is 49.0 Å². The van der Waals surface area contributed by atoms with E-state index >= 15 is 0 Å². The fourth-order valence-electron chi connectivity index (χ4n) is 2.94. The molecule has 0 aliphatic heterocycles. The van der Waals surface area contributed by atoms with E-state index in [2.05, 4.69) is 10.2 Å². The van der Waals surface area contributed by atoms with Crippen molar-refractivity contribution in [1.82, 2.24) is 14.8 Å². The number of hydrogen-bond acceptors (Lipinski definition) is 6. The third-order valence-corrected chi connectivity index (χ3v) is 7.59. The maximum atomic E-state index is 12.7. The number of rotatable bonds is 11. The highest BCUT2D eigenvalue weighted by Gasteiger charge is 2.21. The minimum Gasteiger partial charge on any atom is -0.494 e. The molecule has 1 heterocycles. The first kappa shape index (κ1) is 23.6. The highest BCUT2D eigenvalue weighted by molar-refractivity contribution is 7.99. The van der Waals surface area contributed by atoms with Gasteiger partial charge in [0.25, 0.3) is 0 Å². The van der Waals surface area contributed by atoms with E-state index in [1.165, 1.54) is 0 Å². The predicted molar refractivity (Wildman–Crippen MR) is 125 cm³/mol. The summed E-state index contributed by atoms with van der Waals surface area (Å²) < 4.78 is 33.1. The molecule has 2 aromatic carbocycles. The summed E-state index contributed by atoms with van der Waals surface area (Å²) in [5, 5.41) is 9.81. The maximum Gasteiger partial charge on any atom is 0.191 e. The SMILES string of the molecule is CCn1c(CS(=O)(=O)c2ccc(C)cc2)nnc1SCCCCOc1ccc(Cl)cc1. The summed E-state index contributed by atoms with van der Waals surface area (Å²) >= 11 is 7.45. The number of thioether (sulfide) groups is 1. The van der Waals surface area contributed by atoms with Crippen LogP contribution in [0.25, 0.3) is 0 Å². The fourth-order valence-corrected chi connectivity index (χ4v) is 5.35. The van der Waals surface area contributed by atoms with E-state index in [1.807, 2.05) is 30.5 Å². The first-order valence-electron chi connectivity index (χ1n) is 10.1. The Morgan fingerprint density at radius 3 is 2.42 bits per heavy atom. The maximum absolute atomic E-state index is 12.7. The van der Waals surface area contributed by atoms with Gasteiger partial charge in [0.2, 0.25) is 0 Å². The van der Waals surface area contributed by atoms with Gasteiger partial charge in [-0.1, -0.05) is 41.1 Å². The summed E-state index contributed by atoms with van der Waals surface area (Å²) in [6.45, 7) is 5.14. The van der Waals surface area contributed by atoms with E-state index in [4.69, 9.17) is 16.3 Å². The van der Waals surface area contributed by atoms with E-state index < -0.39 is 9.84 Å². The van der Waals surface area contributed by atoms with Crippen molar-refractivity contribution >= 4 is 33.2 Å². The lowest BCUT2D eigenvalue weighted by molar-refractivity contribution is 0.310. The summed E-state index contributed by atoms with van der Waals surface area (Å²) in [7, 11) is -3.47. The van der Waals surface area contributed by atoms with Gasteiger partial charge in [0.05, 0.1) is 11.5 Å². The highest BCUT2D eigenvalue weighted by Crippen LogP contribution is 2.22. The predicted octanol–water partition coefficient (Wildman–Crippen LogP) is 5.19. The quantitative estimate of drug-likeness (QED) is 0.278. The van der Waals surface area contributed by atoms with Gasteiger partial charge in [0.1, 0.15) is 17.3 Å². The van der Waals surface area contributed by atoms with E-state index in [9.17, 15) is 8.42 Å². The van der Waals surface area contributed by atoms with E-state index in [0.717, 1.165) is 35.1 Å². The number of nitrogens with zero attached hydrogens (tertiary/aromatic N) is 3. The van der Waals surface area contributed by atoms with Gasteiger partial charge in [0, 0.05) is 17.3 Å². The molecule has 0 fully saturated rings. The zero-order valence-electron chi connectivity index (χ0n) is 17.6. The molecule has 9 heteroatoms. The van der Waals surface area contributed by atoms with Crippen molar-refractivity contribution in [3.8, 4) is 5.75 Å². The van der Waals surface area contributed by atoms with Crippen LogP contribution in [-0.4, -0.2) is 35.5 Å². The smallest absolute Gasteiger partial charge is 0.191 e. The molecule has 0 bridgehead atoms. The molecule has 0 saturated carbocycles. The Hall–Kier alpha value is -2.03. The summed E-state index contributed by atoms with van der Waals surface area (Å²) in [5.74, 6) is 1.97. The van der Waals surface area contributed by atoms with Gasteiger partial charge >= 0.3 is 0 Å². The monoisotopic (exact) mass is 479 g/mol. The van der Waals surface area contributed by atoms with Crippen molar-refractivity contribution in [2.75, 3.05) is 12.4 Å². The molecule has 0 atom stereocenters. The molecule has 0 amide bonds. The van der Waals surface area contributed by atoms with Crippen LogP contribution < -0.4 is 4.74 Å². The lowest BCUT2D eigenvalue weighted by Gasteiger charge is -2.09. The summed E-state index contributed by atoms with van der Waals surface area (Å²) in [6.07, 6.45) is 1.86. The summed E-state index contributed by atoms with van der Waals surface area (Å²) in [6, 6.07) is 14.2. The minimum absolute atomic E-state index is 0.160. The highest BCUT2D eigenvalue weighted by atomic mass is 35.5. The average Bonchev–Trinajstić information content (AvgIpc) is 3.12. The Morgan fingerprint density at radius 2 is 1.74 bits per heavy atom. The number of aromatic nitrogens is 3. The van der Waals surface area contributed by atoms with Crippen LogP contribution in [0.15, 0.2) is 58.6 Å². The fraction of sp³-hybridized carbons (Fsp3) is 0.364. The van der Waals surface area contributed by atoms with E-state index in [-0.39, 0.29) is 5.75 Å². The molecule has 0 saturated heterocycles. The largest absolute Gasteiger partial charge is 0.494 e. The lowest BCUT2D eigenvalue weighted by atomic mass is 10.2. The second-order valence-electron chi connectivity index (χ2n) is 7.07. The first-order valence-corrected chi connectivity index (χ1v) is 13.1. The number of ether oxygens (including phenoxy) is 1. The molecule has 3 rings (SSSR count). The molecule has 0 N–H and O–H groups in total. The van der Waals surface area contributed by atoms with Crippen LogP contribution >= 0.6 is 23.4 Å².